The van der Waals surface area contributed by atoms with Crippen molar-refractivity contribution < 1.29 is 13.9 Å². The van der Waals surface area contributed by atoms with Crippen LogP contribution in [0.25, 0.3) is 33.0 Å². The molecule has 8 heteroatoms. The lowest BCUT2D eigenvalue weighted by Gasteiger charge is -2.13. The Kier molecular flexibility index (Phi) is 4.90. The minimum Gasteiger partial charge on any atom is -0.462 e. The number of carbonyl (C=O) groups is 1. The van der Waals surface area contributed by atoms with Crippen LogP contribution < -0.4 is 11.1 Å². The molecule has 2 aromatic carbocycles. The van der Waals surface area contributed by atoms with Crippen LogP contribution in [0.5, 0.6) is 0 Å². The zero-order chi connectivity index (χ0) is 20.7. The molecule has 0 radical (unpaired) electrons. The summed E-state index contributed by atoms with van der Waals surface area (Å²) in [6, 6.07) is 11.8. The number of fused-ring (bicyclic) bond motifs is 3. The number of nitrogens with one attached hydrogen (secondary N) is 2. The van der Waals surface area contributed by atoms with Crippen molar-refractivity contribution in [2.45, 2.75) is 6.92 Å². The zero-order valence-corrected chi connectivity index (χ0v) is 16.6. The van der Waals surface area contributed by atoms with Crippen molar-refractivity contribution in [3.8, 4) is 11.1 Å². The van der Waals surface area contributed by atoms with Crippen molar-refractivity contribution in [3.05, 3.63) is 74.0 Å². The molecule has 0 saturated heterocycles. The van der Waals surface area contributed by atoms with Gasteiger partial charge in [0.25, 0.3) is 5.56 Å². The predicted octanol–water partition coefficient (Wildman–Crippen LogP) is 4.90. The fourth-order valence-corrected chi connectivity index (χ4v) is 3.57. The largest absolute Gasteiger partial charge is 0.462 e. The first-order valence-electron chi connectivity index (χ1n) is 8.71. The molecule has 0 aliphatic rings. The van der Waals surface area contributed by atoms with Crippen LogP contribution in [0.3, 0.4) is 0 Å². The quantitative estimate of drug-likeness (QED) is 0.358. The number of rotatable bonds is 3. The second-order valence-corrected chi connectivity index (χ2v) is 7.05. The van der Waals surface area contributed by atoms with Crippen molar-refractivity contribution >= 4 is 51.0 Å². The van der Waals surface area contributed by atoms with Gasteiger partial charge in [-0.1, -0.05) is 41.4 Å². The number of carbonyl (C=O) groups excluding carboxylic acids is 1. The van der Waals surface area contributed by atoms with E-state index in [1.54, 1.807) is 43.3 Å². The molecular formula is C21H14Cl2N2O4. The first kappa shape index (κ1) is 19.2. The van der Waals surface area contributed by atoms with Gasteiger partial charge in [0.2, 0.25) is 5.55 Å². The highest BCUT2D eigenvalue weighted by molar-refractivity contribution is 6.42. The zero-order valence-electron chi connectivity index (χ0n) is 15.1. The van der Waals surface area contributed by atoms with Gasteiger partial charge in [-0.25, -0.2) is 4.79 Å². The van der Waals surface area contributed by atoms with Crippen molar-refractivity contribution in [1.29, 1.82) is 5.41 Å². The highest BCUT2D eigenvalue weighted by Gasteiger charge is 2.25. The van der Waals surface area contributed by atoms with E-state index in [0.717, 1.165) is 0 Å². The van der Waals surface area contributed by atoms with Gasteiger partial charge in [-0.15, -0.1) is 0 Å². The van der Waals surface area contributed by atoms with Gasteiger partial charge in [-0.2, -0.15) is 0 Å². The van der Waals surface area contributed by atoms with E-state index in [-0.39, 0.29) is 33.7 Å². The van der Waals surface area contributed by atoms with Gasteiger partial charge >= 0.3 is 5.97 Å². The molecule has 0 amide bonds. The summed E-state index contributed by atoms with van der Waals surface area (Å²) < 4.78 is 10.8. The lowest BCUT2D eigenvalue weighted by Crippen LogP contribution is -2.21. The van der Waals surface area contributed by atoms with Gasteiger partial charge in [0.15, 0.2) is 5.58 Å². The maximum absolute atomic E-state index is 13.0. The Balaban J connectivity index is 2.25. The minimum atomic E-state index is -0.767. The molecule has 2 N–H and O–H groups in total. The first-order chi connectivity index (χ1) is 13.9. The molecule has 6 nitrogen and oxygen atoms in total. The first-order valence-corrected chi connectivity index (χ1v) is 9.47. The van der Waals surface area contributed by atoms with Crippen molar-refractivity contribution in [3.63, 3.8) is 0 Å². The van der Waals surface area contributed by atoms with E-state index < -0.39 is 17.1 Å². The van der Waals surface area contributed by atoms with Crippen LogP contribution in [-0.4, -0.2) is 17.6 Å². The standard InChI is InChI=1S/C21H14Cl2N2O4/c1-2-28-21(27)17-15(10-7-8-12(22)13(23)9-10)16-18(29-19(17)24)11-5-3-4-6-14(11)25-20(16)26/h3-9,24H,2H2,1H3,(H,25,26). The SMILES string of the molecule is CCOC(=O)c1c(-c2ccc(Cl)c(Cl)c2)c2c(=O)[nH]c3ccccc3c2oc1=N. The van der Waals surface area contributed by atoms with E-state index in [1.165, 1.54) is 6.07 Å². The van der Waals surface area contributed by atoms with Gasteiger partial charge in [-0.3, -0.25) is 10.2 Å². The monoisotopic (exact) mass is 428 g/mol. The summed E-state index contributed by atoms with van der Waals surface area (Å²) in [4.78, 5) is 28.4. The maximum atomic E-state index is 13.0. The molecule has 0 fully saturated rings. The number of aromatic nitrogens is 1. The Bertz CT molecular complexity index is 1410. The Morgan fingerprint density at radius 1 is 1.17 bits per heavy atom. The molecule has 146 valence electrons. The minimum absolute atomic E-state index is 0.102. The number of halogens is 2. The molecule has 0 atom stereocenters. The van der Waals surface area contributed by atoms with Gasteiger partial charge in [0, 0.05) is 10.9 Å². The highest BCUT2D eigenvalue weighted by atomic mass is 35.5. The number of benzene rings is 2. The van der Waals surface area contributed by atoms with E-state index in [4.69, 9.17) is 37.8 Å². The molecule has 0 aliphatic heterocycles. The molecule has 0 saturated carbocycles. The number of hydrogen-bond donors (Lipinski definition) is 2. The lowest BCUT2D eigenvalue weighted by molar-refractivity contribution is 0.0522. The van der Waals surface area contributed by atoms with Gasteiger partial charge < -0.3 is 14.1 Å². The van der Waals surface area contributed by atoms with Gasteiger partial charge in [0.1, 0.15) is 5.56 Å². The number of para-hydroxylation sites is 1. The molecular weight excluding hydrogens is 415 g/mol. The van der Waals surface area contributed by atoms with E-state index in [0.29, 0.717) is 21.5 Å². The fraction of sp³-hybridized carbons (Fsp3) is 0.0952. The highest BCUT2D eigenvalue weighted by Crippen LogP contribution is 2.35. The van der Waals surface area contributed by atoms with Crippen LogP contribution in [0.1, 0.15) is 17.3 Å². The molecule has 2 aromatic heterocycles. The van der Waals surface area contributed by atoms with Gasteiger partial charge in [-0.05, 0) is 36.8 Å². The van der Waals surface area contributed by atoms with Gasteiger partial charge in [0.05, 0.1) is 27.6 Å². The summed E-state index contributed by atoms with van der Waals surface area (Å²) in [5.74, 6) is -0.767. The van der Waals surface area contributed by atoms with Crippen LogP contribution in [0, 0.1) is 5.41 Å². The molecule has 0 unspecified atom stereocenters. The molecule has 2 heterocycles. The Morgan fingerprint density at radius 2 is 1.93 bits per heavy atom. The van der Waals surface area contributed by atoms with Crippen molar-refractivity contribution in [2.24, 2.45) is 0 Å². The van der Waals surface area contributed by atoms with E-state index >= 15 is 0 Å². The smallest absolute Gasteiger partial charge is 0.344 e. The third kappa shape index (κ3) is 3.20. The number of pyridine rings is 1. The van der Waals surface area contributed by atoms with Crippen molar-refractivity contribution in [1.82, 2.24) is 4.98 Å². The van der Waals surface area contributed by atoms with E-state index in [1.807, 2.05) is 0 Å². The summed E-state index contributed by atoms with van der Waals surface area (Å²) in [6.45, 7) is 1.75. The molecule has 29 heavy (non-hydrogen) atoms. The molecule has 4 rings (SSSR count). The molecule has 4 aromatic rings. The second kappa shape index (κ2) is 7.39. The number of H-pyrrole nitrogens is 1. The second-order valence-electron chi connectivity index (χ2n) is 6.23. The number of hydrogen-bond acceptors (Lipinski definition) is 5. The van der Waals surface area contributed by atoms with Crippen LogP contribution in [-0.2, 0) is 4.74 Å². The summed E-state index contributed by atoms with van der Waals surface area (Å²) >= 11 is 12.2. The molecule has 0 spiro atoms. The maximum Gasteiger partial charge on any atom is 0.344 e. The average molecular weight is 429 g/mol. The molecule has 0 bridgehead atoms. The number of aromatic amines is 1. The third-order valence-electron chi connectivity index (χ3n) is 4.49. The normalized spacial score (nSPS) is 11.1. The summed E-state index contributed by atoms with van der Waals surface area (Å²) in [7, 11) is 0. The fourth-order valence-electron chi connectivity index (χ4n) is 3.28. The van der Waals surface area contributed by atoms with Crippen LogP contribution in [0.15, 0.2) is 51.7 Å². The average Bonchev–Trinajstić information content (AvgIpc) is 2.69. The number of ether oxygens (including phenoxy) is 1. The summed E-state index contributed by atoms with van der Waals surface area (Å²) in [5, 5.41) is 9.65. The third-order valence-corrected chi connectivity index (χ3v) is 5.23. The molecule has 0 aliphatic carbocycles. The van der Waals surface area contributed by atoms with Crippen LogP contribution in [0.4, 0.5) is 0 Å². The topological polar surface area (TPSA) is 96.2 Å². The summed E-state index contributed by atoms with van der Waals surface area (Å²) in [6.07, 6.45) is 0. The Morgan fingerprint density at radius 3 is 2.66 bits per heavy atom. The predicted molar refractivity (Wildman–Crippen MR) is 112 cm³/mol. The van der Waals surface area contributed by atoms with Crippen LogP contribution >= 0.6 is 23.2 Å². The Labute approximate surface area is 174 Å². The number of esters is 1. The van der Waals surface area contributed by atoms with E-state index in [9.17, 15) is 9.59 Å². The van der Waals surface area contributed by atoms with E-state index in [2.05, 4.69) is 4.98 Å². The Hall–Kier alpha value is -3.09. The summed E-state index contributed by atoms with van der Waals surface area (Å²) in [5.41, 5.74) is 0.374. The lowest BCUT2D eigenvalue weighted by atomic mass is 9.96. The van der Waals surface area contributed by atoms with Crippen LogP contribution in [0.2, 0.25) is 10.0 Å². The van der Waals surface area contributed by atoms with Crippen molar-refractivity contribution in [2.75, 3.05) is 6.61 Å².